The van der Waals surface area contributed by atoms with E-state index in [1.807, 2.05) is 17.8 Å². The molecule has 3 aromatic rings. The first kappa shape index (κ1) is 17.2. The lowest BCUT2D eigenvalue weighted by Crippen LogP contribution is -2.21. The molecule has 0 bridgehead atoms. The Morgan fingerprint density at radius 2 is 2.08 bits per heavy atom. The number of carbonyl (C=O) groups excluding carboxylic acids is 1. The summed E-state index contributed by atoms with van der Waals surface area (Å²) in [7, 11) is 5.91. The quantitative estimate of drug-likeness (QED) is 0.734. The van der Waals surface area contributed by atoms with Crippen LogP contribution < -0.4 is 10.9 Å². The van der Waals surface area contributed by atoms with Crippen molar-refractivity contribution in [2.75, 3.05) is 5.32 Å². The van der Waals surface area contributed by atoms with Gasteiger partial charge in [-0.1, -0.05) is 27.7 Å². The minimum absolute atomic E-state index is 0.0924. The second-order valence-electron chi connectivity index (χ2n) is 7.20. The third kappa shape index (κ3) is 3.57. The van der Waals surface area contributed by atoms with Crippen molar-refractivity contribution in [2.24, 2.45) is 5.41 Å². The predicted molar refractivity (Wildman–Crippen MR) is 97.4 cm³/mol. The minimum atomic E-state index is -0.337. The summed E-state index contributed by atoms with van der Waals surface area (Å²) < 4.78 is 3.36. The minimum Gasteiger partial charge on any atom is -0.319 e. The van der Waals surface area contributed by atoms with Gasteiger partial charge in [0.2, 0.25) is 0 Å². The molecule has 0 unspecified atom stereocenters. The van der Waals surface area contributed by atoms with Gasteiger partial charge in [0, 0.05) is 30.7 Å². The molecule has 25 heavy (non-hydrogen) atoms. The molecule has 8 heteroatoms. The second-order valence-corrected chi connectivity index (χ2v) is 7.20. The summed E-state index contributed by atoms with van der Waals surface area (Å²) in [4.78, 5) is 17.0. The number of aryl methyl sites for hydroxylation is 1. The summed E-state index contributed by atoms with van der Waals surface area (Å²) >= 11 is 0. The first-order valence-corrected chi connectivity index (χ1v) is 8.25. The molecule has 1 N–H and O–H groups in total. The van der Waals surface area contributed by atoms with E-state index < -0.39 is 0 Å². The number of hydrogen-bond acceptors (Lipinski definition) is 4. The lowest BCUT2D eigenvalue weighted by molar-refractivity contribution is 0.102. The number of hydrogen-bond donors (Lipinski definition) is 1. The number of nitrogens with zero attached hydrogens (tertiary/aromatic N) is 5. The molecule has 1 amide bonds. The lowest BCUT2D eigenvalue weighted by atomic mass is 9.97. The molecule has 7 nitrogen and oxygen atoms in total. The standard InChI is InChI=1S/C17H21BN6O/c1-5-11-12(9-23(21-11)10-17(2,3)4)20-16(25)13-14(18)22-24-8-6-7-19-15(13)24/h6-9H,5,10H2,1-4H3,(H,20,25). The van der Waals surface area contributed by atoms with Crippen molar-refractivity contribution in [3.8, 4) is 0 Å². The van der Waals surface area contributed by atoms with Crippen LogP contribution in [0, 0.1) is 5.41 Å². The van der Waals surface area contributed by atoms with Crippen molar-refractivity contribution >= 4 is 30.7 Å². The molecule has 0 aliphatic heterocycles. The zero-order valence-electron chi connectivity index (χ0n) is 14.9. The van der Waals surface area contributed by atoms with Gasteiger partial charge in [0.1, 0.15) is 7.85 Å². The van der Waals surface area contributed by atoms with E-state index in [0.29, 0.717) is 11.3 Å². The van der Waals surface area contributed by atoms with E-state index >= 15 is 0 Å². The van der Waals surface area contributed by atoms with Gasteiger partial charge in [-0.2, -0.15) is 10.2 Å². The maximum Gasteiger partial charge on any atom is 0.260 e. The Labute approximate surface area is 147 Å². The van der Waals surface area contributed by atoms with Crippen molar-refractivity contribution in [1.82, 2.24) is 24.4 Å². The molecule has 0 saturated heterocycles. The van der Waals surface area contributed by atoms with Gasteiger partial charge in [-0.3, -0.25) is 9.48 Å². The number of carbonyl (C=O) groups is 1. The highest BCUT2D eigenvalue weighted by Crippen LogP contribution is 2.21. The Kier molecular flexibility index (Phi) is 4.37. The van der Waals surface area contributed by atoms with Crippen molar-refractivity contribution < 1.29 is 4.79 Å². The van der Waals surface area contributed by atoms with Gasteiger partial charge >= 0.3 is 0 Å². The molecule has 0 aliphatic carbocycles. The van der Waals surface area contributed by atoms with E-state index in [9.17, 15) is 4.79 Å². The lowest BCUT2D eigenvalue weighted by Gasteiger charge is -2.17. The Bertz CT molecular complexity index is 921. The molecule has 0 atom stereocenters. The Hall–Kier alpha value is -2.64. The summed E-state index contributed by atoms with van der Waals surface area (Å²) in [6.07, 6.45) is 5.88. The summed E-state index contributed by atoms with van der Waals surface area (Å²) in [6.45, 7) is 9.19. The maximum atomic E-state index is 12.8. The third-order valence-corrected chi connectivity index (χ3v) is 3.71. The van der Waals surface area contributed by atoms with Gasteiger partial charge in [0.15, 0.2) is 5.65 Å². The average molecular weight is 336 g/mol. The first-order chi connectivity index (χ1) is 11.8. The monoisotopic (exact) mass is 336 g/mol. The molecule has 3 heterocycles. The molecule has 3 rings (SSSR count). The fourth-order valence-corrected chi connectivity index (χ4v) is 2.70. The topological polar surface area (TPSA) is 77.1 Å². The Morgan fingerprint density at radius 3 is 2.76 bits per heavy atom. The van der Waals surface area contributed by atoms with E-state index in [2.05, 4.69) is 41.3 Å². The van der Waals surface area contributed by atoms with Crippen LogP contribution in [0.3, 0.4) is 0 Å². The maximum absolute atomic E-state index is 12.8. The van der Waals surface area contributed by atoms with Crippen LogP contribution in [0.25, 0.3) is 5.65 Å². The van der Waals surface area contributed by atoms with E-state index in [1.165, 1.54) is 4.52 Å². The highest BCUT2D eigenvalue weighted by molar-refractivity contribution is 6.37. The molecule has 0 aliphatic rings. The van der Waals surface area contributed by atoms with Crippen molar-refractivity contribution in [3.05, 3.63) is 35.9 Å². The zero-order chi connectivity index (χ0) is 18.2. The number of amides is 1. The van der Waals surface area contributed by atoms with Gasteiger partial charge in [-0.05, 0) is 17.9 Å². The molecule has 3 aromatic heterocycles. The van der Waals surface area contributed by atoms with E-state index in [-0.39, 0.29) is 22.5 Å². The van der Waals surface area contributed by atoms with Gasteiger partial charge in [0.25, 0.3) is 5.91 Å². The van der Waals surface area contributed by atoms with E-state index in [0.717, 1.165) is 18.7 Å². The molecular weight excluding hydrogens is 315 g/mol. The first-order valence-electron chi connectivity index (χ1n) is 8.25. The predicted octanol–water partition coefficient (Wildman–Crippen LogP) is 1.58. The SMILES string of the molecule is [B]c1nn2cccnc2c1C(=O)Nc1cn(CC(C)(C)C)nc1CC. The van der Waals surface area contributed by atoms with Crippen LogP contribution in [-0.4, -0.2) is 38.1 Å². The van der Waals surface area contributed by atoms with Gasteiger partial charge < -0.3 is 5.32 Å². The summed E-state index contributed by atoms with van der Waals surface area (Å²) in [5.74, 6) is -0.337. The summed E-state index contributed by atoms with van der Waals surface area (Å²) in [5, 5.41) is 11.6. The third-order valence-electron chi connectivity index (χ3n) is 3.71. The summed E-state index contributed by atoms with van der Waals surface area (Å²) in [6, 6.07) is 1.73. The fraction of sp³-hybridized carbons (Fsp3) is 0.412. The van der Waals surface area contributed by atoms with Crippen LogP contribution in [0.2, 0.25) is 0 Å². The summed E-state index contributed by atoms with van der Waals surface area (Å²) in [5.41, 5.74) is 2.46. The van der Waals surface area contributed by atoms with Crippen molar-refractivity contribution in [1.29, 1.82) is 0 Å². The number of rotatable bonds is 4. The van der Waals surface area contributed by atoms with Crippen LogP contribution >= 0.6 is 0 Å². The van der Waals surface area contributed by atoms with Crippen LogP contribution in [-0.2, 0) is 13.0 Å². The average Bonchev–Trinajstić information content (AvgIpc) is 3.04. The zero-order valence-corrected chi connectivity index (χ0v) is 14.9. The van der Waals surface area contributed by atoms with Crippen LogP contribution in [0.5, 0.6) is 0 Å². The molecule has 128 valence electrons. The van der Waals surface area contributed by atoms with Crippen LogP contribution in [0.1, 0.15) is 43.7 Å². The number of anilines is 1. The second kappa shape index (κ2) is 6.35. The fourth-order valence-electron chi connectivity index (χ4n) is 2.70. The van der Waals surface area contributed by atoms with Gasteiger partial charge in [-0.15, -0.1) is 0 Å². The molecule has 0 aromatic carbocycles. The van der Waals surface area contributed by atoms with Crippen LogP contribution in [0.15, 0.2) is 24.7 Å². The van der Waals surface area contributed by atoms with Gasteiger partial charge in [0.05, 0.1) is 16.9 Å². The highest BCUT2D eigenvalue weighted by Gasteiger charge is 2.20. The molecule has 0 saturated carbocycles. The normalized spacial score (nSPS) is 11.8. The highest BCUT2D eigenvalue weighted by atomic mass is 16.1. The number of nitrogens with one attached hydrogen (secondary N) is 1. The smallest absolute Gasteiger partial charge is 0.260 e. The molecule has 0 fully saturated rings. The number of aromatic nitrogens is 5. The molecule has 0 spiro atoms. The molecule has 2 radical (unpaired) electrons. The van der Waals surface area contributed by atoms with Gasteiger partial charge in [-0.25, -0.2) is 9.50 Å². The van der Waals surface area contributed by atoms with Crippen molar-refractivity contribution in [2.45, 2.75) is 40.7 Å². The van der Waals surface area contributed by atoms with Crippen molar-refractivity contribution in [3.63, 3.8) is 0 Å². The largest absolute Gasteiger partial charge is 0.319 e. The Morgan fingerprint density at radius 1 is 1.32 bits per heavy atom. The Balaban J connectivity index is 1.91. The van der Waals surface area contributed by atoms with E-state index in [4.69, 9.17) is 7.85 Å². The number of fused-ring (bicyclic) bond motifs is 1. The van der Waals surface area contributed by atoms with E-state index in [1.54, 1.807) is 18.5 Å². The van der Waals surface area contributed by atoms with Crippen LogP contribution in [0.4, 0.5) is 5.69 Å². The molecular formula is C17H21BN6O.